The van der Waals surface area contributed by atoms with Crippen molar-refractivity contribution in [1.29, 1.82) is 0 Å². The number of alkyl halides is 6. The first-order valence-electron chi connectivity index (χ1n) is 14.5. The second-order valence-electron chi connectivity index (χ2n) is 12.3. The highest BCUT2D eigenvalue weighted by Gasteiger charge is 2.86. The molecule has 5 rings (SSSR count). The first-order chi connectivity index (χ1) is 21.0. The van der Waals surface area contributed by atoms with E-state index in [2.05, 4.69) is 6.58 Å². The van der Waals surface area contributed by atoms with Gasteiger partial charge >= 0.3 is 12.4 Å². The Morgan fingerprint density at radius 1 is 0.889 bits per heavy atom. The lowest BCUT2D eigenvalue weighted by Crippen LogP contribution is -2.56. The molecule has 1 heterocycles. The third-order valence-corrected chi connectivity index (χ3v) is 10.0. The average Bonchev–Trinajstić information content (AvgIpc) is 3.44. The highest BCUT2D eigenvalue weighted by Crippen LogP contribution is 2.76. The number of rotatable bonds is 10. The van der Waals surface area contributed by atoms with E-state index in [1.165, 1.54) is 0 Å². The minimum absolute atomic E-state index is 0.0246. The summed E-state index contributed by atoms with van der Waals surface area (Å²) in [5.74, 6) is -0.836. The summed E-state index contributed by atoms with van der Waals surface area (Å²) in [7, 11) is 0. The zero-order valence-corrected chi connectivity index (χ0v) is 25.1. The van der Waals surface area contributed by atoms with Crippen molar-refractivity contribution in [3.8, 4) is 0 Å². The quantitative estimate of drug-likeness (QED) is 0.204. The van der Waals surface area contributed by atoms with E-state index in [0.29, 0.717) is 18.2 Å². The number of hydrogen-bond acceptors (Lipinski definition) is 6. The monoisotopic (exact) mass is 640 g/mol. The Bertz CT molecular complexity index is 1460. The summed E-state index contributed by atoms with van der Waals surface area (Å²) in [4.78, 5) is 27.9. The summed E-state index contributed by atoms with van der Waals surface area (Å²) in [6, 6.07) is 10.9. The molecule has 0 bridgehead atoms. The van der Waals surface area contributed by atoms with Gasteiger partial charge in [0.1, 0.15) is 5.60 Å². The normalized spacial score (nSPS) is 31.5. The van der Waals surface area contributed by atoms with Gasteiger partial charge in [-0.1, -0.05) is 49.9 Å². The van der Waals surface area contributed by atoms with Gasteiger partial charge in [0.25, 0.3) is 0 Å². The van der Waals surface area contributed by atoms with Crippen molar-refractivity contribution in [3.63, 3.8) is 0 Å². The summed E-state index contributed by atoms with van der Waals surface area (Å²) < 4.78 is 107. The van der Waals surface area contributed by atoms with Crippen molar-refractivity contribution in [3.05, 3.63) is 82.9 Å². The molecule has 3 aliphatic rings. The first-order valence-corrected chi connectivity index (χ1v) is 14.5. The van der Waals surface area contributed by atoms with Crippen LogP contribution in [-0.4, -0.2) is 43.3 Å². The number of hydrogen-bond donors (Lipinski definition) is 0. The van der Waals surface area contributed by atoms with Crippen molar-refractivity contribution in [2.75, 3.05) is 19.8 Å². The summed E-state index contributed by atoms with van der Waals surface area (Å²) in [6.07, 6.45) is -11.4. The molecule has 0 radical (unpaired) electrons. The predicted octanol–water partition coefficient (Wildman–Crippen LogP) is 7.09. The summed E-state index contributed by atoms with van der Waals surface area (Å²) in [5, 5.41) is 0. The molecule has 2 aromatic carbocycles. The van der Waals surface area contributed by atoms with Crippen LogP contribution in [-0.2, 0) is 54.1 Å². The van der Waals surface area contributed by atoms with Crippen LogP contribution in [0.25, 0.3) is 0 Å². The molecule has 0 unspecified atom stereocenters. The molecular formula is C33H34F6O6. The van der Waals surface area contributed by atoms with E-state index < -0.39 is 82.0 Å². The molecule has 2 aromatic rings. The van der Waals surface area contributed by atoms with Gasteiger partial charge in [0.2, 0.25) is 0 Å². The number of carbonyl (C=O) groups is 2. The molecule has 6 nitrogen and oxygen atoms in total. The summed E-state index contributed by atoms with van der Waals surface area (Å²) in [5.41, 5.74) is -9.28. The van der Waals surface area contributed by atoms with E-state index in [-0.39, 0.29) is 38.2 Å². The molecule has 0 N–H and O–H groups in total. The van der Waals surface area contributed by atoms with Crippen molar-refractivity contribution in [1.82, 2.24) is 0 Å². The minimum atomic E-state index is -5.09. The number of ketones is 2. The van der Waals surface area contributed by atoms with E-state index in [1.54, 1.807) is 20.8 Å². The SMILES string of the molecule is C=C1C(=O)C[C@@]23O[C@@H](OCC)C[C@@]12C(=O)[C@@](C)(COCc1ccccc1)[C@@]3(C)COCc1c(C(F)(F)F)cccc1C(F)(F)F. The van der Waals surface area contributed by atoms with Crippen LogP contribution in [0.3, 0.4) is 0 Å². The molecule has 1 saturated heterocycles. The standard InChI is InChI=1S/C33H34F6O6/c1-5-44-26-15-30-20(2)25(40)14-31(30,45-26)29(4,28(3,27(30)41)18-42-16-21-10-7-6-8-11-21)19-43-17-22-23(32(34,35)36)12-9-13-24(22)33(37,38)39/h6-13,26H,2,5,14-19H2,1,3-4H3/t26-,28-,29-,30+,31+/m1/s1. The average molecular weight is 641 g/mol. The molecule has 12 heteroatoms. The first kappa shape index (κ1) is 33.3. The van der Waals surface area contributed by atoms with E-state index in [1.807, 2.05) is 30.3 Å². The van der Waals surface area contributed by atoms with Crippen LogP contribution in [0.2, 0.25) is 0 Å². The van der Waals surface area contributed by atoms with E-state index in [0.717, 1.165) is 5.56 Å². The van der Waals surface area contributed by atoms with Crippen LogP contribution in [0.15, 0.2) is 60.7 Å². The molecule has 3 fully saturated rings. The number of ether oxygens (including phenoxy) is 4. The van der Waals surface area contributed by atoms with Crippen LogP contribution in [0.1, 0.15) is 55.9 Å². The van der Waals surface area contributed by atoms with Gasteiger partial charge in [-0.25, -0.2) is 0 Å². The molecule has 0 aromatic heterocycles. The summed E-state index contributed by atoms with van der Waals surface area (Å²) in [6.45, 7) is 7.48. The van der Waals surface area contributed by atoms with Gasteiger partial charge in [-0.15, -0.1) is 0 Å². The van der Waals surface area contributed by atoms with Crippen LogP contribution >= 0.6 is 0 Å². The Balaban J connectivity index is 1.55. The maximum absolute atomic E-state index is 14.7. The molecule has 244 valence electrons. The molecule has 2 aliphatic carbocycles. The smallest absolute Gasteiger partial charge is 0.376 e. The second kappa shape index (κ2) is 11.3. The summed E-state index contributed by atoms with van der Waals surface area (Å²) >= 11 is 0. The van der Waals surface area contributed by atoms with Crippen molar-refractivity contribution < 1.29 is 54.9 Å². The lowest BCUT2D eigenvalue weighted by molar-refractivity contribution is -0.232. The van der Waals surface area contributed by atoms with Crippen LogP contribution in [0, 0.1) is 16.2 Å². The minimum Gasteiger partial charge on any atom is -0.376 e. The fourth-order valence-corrected chi connectivity index (χ4v) is 7.65. The highest BCUT2D eigenvalue weighted by molar-refractivity contribution is 6.13. The predicted molar refractivity (Wildman–Crippen MR) is 148 cm³/mol. The Kier molecular flexibility index (Phi) is 8.38. The molecule has 0 amide bonds. The molecular weight excluding hydrogens is 606 g/mol. The van der Waals surface area contributed by atoms with Crippen molar-refractivity contribution in [2.45, 2.75) is 71.1 Å². The number of benzene rings is 2. The second-order valence-corrected chi connectivity index (χ2v) is 12.3. The maximum Gasteiger partial charge on any atom is 0.416 e. The molecule has 2 saturated carbocycles. The fourth-order valence-electron chi connectivity index (χ4n) is 7.65. The number of Topliss-reactive ketones (excluding diaryl/α,β-unsaturated/α-hetero) is 2. The molecule has 1 aliphatic heterocycles. The van der Waals surface area contributed by atoms with Crippen LogP contribution in [0.5, 0.6) is 0 Å². The Morgan fingerprint density at radius 2 is 1.49 bits per heavy atom. The van der Waals surface area contributed by atoms with Gasteiger partial charge in [0.05, 0.1) is 48.4 Å². The largest absolute Gasteiger partial charge is 0.416 e. The maximum atomic E-state index is 14.7. The molecule has 45 heavy (non-hydrogen) atoms. The third kappa shape index (κ3) is 4.95. The number of halogens is 6. The van der Waals surface area contributed by atoms with Gasteiger partial charge in [0, 0.05) is 36.0 Å². The fraction of sp³-hybridized carbons (Fsp3) is 0.515. The molecule has 5 atom stereocenters. The van der Waals surface area contributed by atoms with Gasteiger partial charge in [0.15, 0.2) is 17.9 Å². The van der Waals surface area contributed by atoms with Crippen molar-refractivity contribution >= 4 is 11.6 Å². The van der Waals surface area contributed by atoms with Crippen LogP contribution in [0.4, 0.5) is 26.3 Å². The van der Waals surface area contributed by atoms with Crippen molar-refractivity contribution in [2.24, 2.45) is 16.2 Å². The van der Waals surface area contributed by atoms with Gasteiger partial charge in [-0.2, -0.15) is 26.3 Å². The lowest BCUT2D eigenvalue weighted by Gasteiger charge is -2.48. The molecule has 0 spiro atoms. The van der Waals surface area contributed by atoms with E-state index in [9.17, 15) is 35.9 Å². The van der Waals surface area contributed by atoms with E-state index >= 15 is 0 Å². The number of carbonyl (C=O) groups excluding carboxylic acids is 2. The Morgan fingerprint density at radius 3 is 2.07 bits per heavy atom. The highest BCUT2D eigenvalue weighted by atomic mass is 19.4. The van der Waals surface area contributed by atoms with Crippen LogP contribution < -0.4 is 0 Å². The zero-order valence-electron chi connectivity index (χ0n) is 25.1. The Labute approximate surface area is 256 Å². The lowest BCUT2D eigenvalue weighted by atomic mass is 9.61. The van der Waals surface area contributed by atoms with Gasteiger partial charge in [-0.3, -0.25) is 9.59 Å². The Hall–Kier alpha value is -3.06. The van der Waals surface area contributed by atoms with Gasteiger partial charge < -0.3 is 18.9 Å². The third-order valence-electron chi connectivity index (χ3n) is 10.0. The van der Waals surface area contributed by atoms with E-state index in [4.69, 9.17) is 18.9 Å². The van der Waals surface area contributed by atoms with Gasteiger partial charge in [-0.05, 0) is 31.5 Å². The zero-order chi connectivity index (χ0) is 33.1. The topological polar surface area (TPSA) is 71.1 Å².